The van der Waals surface area contributed by atoms with E-state index in [-0.39, 0.29) is 12.5 Å². The van der Waals surface area contributed by atoms with E-state index in [0.29, 0.717) is 18.0 Å². The number of hydrogen-bond donors (Lipinski definition) is 2. The number of rotatable bonds is 6. The summed E-state index contributed by atoms with van der Waals surface area (Å²) in [6, 6.07) is 5.63. The van der Waals surface area contributed by atoms with Crippen molar-refractivity contribution in [2.75, 3.05) is 13.2 Å². The summed E-state index contributed by atoms with van der Waals surface area (Å²) < 4.78 is 0.980. The van der Waals surface area contributed by atoms with E-state index in [4.69, 9.17) is 5.11 Å². The molecule has 0 saturated carbocycles. The number of hydrogen-bond acceptors (Lipinski definition) is 2. The van der Waals surface area contributed by atoms with Gasteiger partial charge in [-0.15, -0.1) is 0 Å². The van der Waals surface area contributed by atoms with Crippen LogP contribution in [-0.2, 0) is 0 Å². The van der Waals surface area contributed by atoms with E-state index < -0.39 is 0 Å². The van der Waals surface area contributed by atoms with Crippen LogP contribution in [0, 0.1) is 12.8 Å². The van der Waals surface area contributed by atoms with Crippen LogP contribution in [0.5, 0.6) is 0 Å². The predicted molar refractivity (Wildman–Crippen MR) is 76.7 cm³/mol. The van der Waals surface area contributed by atoms with Crippen LogP contribution in [0.15, 0.2) is 22.7 Å². The van der Waals surface area contributed by atoms with E-state index >= 15 is 0 Å². The van der Waals surface area contributed by atoms with Crippen molar-refractivity contribution in [1.82, 2.24) is 5.32 Å². The molecule has 1 atom stereocenters. The third kappa shape index (κ3) is 4.78. The Labute approximate surface area is 117 Å². The molecule has 0 saturated heterocycles. The number of nitrogens with one attached hydrogen (secondary N) is 1. The third-order valence-electron chi connectivity index (χ3n) is 2.90. The molecular weight excluding hydrogens is 294 g/mol. The van der Waals surface area contributed by atoms with Gasteiger partial charge in [-0.1, -0.05) is 22.9 Å². The molecular formula is C14H20BrNO2. The predicted octanol–water partition coefficient (Wildman–Crippen LogP) is 2.90. The molecule has 0 bridgehead atoms. The molecule has 3 nitrogen and oxygen atoms in total. The first kappa shape index (κ1) is 15.2. The highest BCUT2D eigenvalue weighted by Gasteiger charge is 2.08. The van der Waals surface area contributed by atoms with Crippen LogP contribution in [0.2, 0.25) is 0 Å². The molecule has 1 aromatic carbocycles. The van der Waals surface area contributed by atoms with Gasteiger partial charge in [0.1, 0.15) is 0 Å². The largest absolute Gasteiger partial charge is 0.396 e. The summed E-state index contributed by atoms with van der Waals surface area (Å²) in [6.07, 6.45) is 1.82. The monoisotopic (exact) mass is 313 g/mol. The van der Waals surface area contributed by atoms with Gasteiger partial charge in [0, 0.05) is 23.2 Å². The second kappa shape index (κ2) is 7.54. The number of halogens is 1. The van der Waals surface area contributed by atoms with Crippen molar-refractivity contribution in [3.63, 3.8) is 0 Å². The van der Waals surface area contributed by atoms with Crippen molar-refractivity contribution in [1.29, 1.82) is 0 Å². The Morgan fingerprint density at radius 3 is 2.83 bits per heavy atom. The highest BCUT2D eigenvalue weighted by molar-refractivity contribution is 9.10. The zero-order valence-electron chi connectivity index (χ0n) is 10.9. The average Bonchev–Trinajstić information content (AvgIpc) is 2.34. The molecule has 1 amide bonds. The second-order valence-corrected chi connectivity index (χ2v) is 5.56. The molecule has 100 valence electrons. The lowest BCUT2D eigenvalue weighted by atomic mass is 10.1. The molecule has 0 aromatic heterocycles. The van der Waals surface area contributed by atoms with Crippen LogP contribution in [-0.4, -0.2) is 24.2 Å². The molecule has 1 aromatic rings. The van der Waals surface area contributed by atoms with E-state index in [1.807, 2.05) is 32.0 Å². The summed E-state index contributed by atoms with van der Waals surface area (Å²) in [5.74, 6) is 0.271. The van der Waals surface area contributed by atoms with Crippen molar-refractivity contribution in [3.8, 4) is 0 Å². The number of carbonyl (C=O) groups excluding carboxylic acids is 1. The third-order valence-corrected chi connectivity index (χ3v) is 3.40. The van der Waals surface area contributed by atoms with Gasteiger partial charge in [0.05, 0.1) is 0 Å². The van der Waals surface area contributed by atoms with E-state index in [0.717, 1.165) is 22.9 Å². The average molecular weight is 314 g/mol. The first-order valence-electron chi connectivity index (χ1n) is 6.19. The minimum atomic E-state index is -0.0309. The smallest absolute Gasteiger partial charge is 0.251 e. The molecule has 1 unspecified atom stereocenters. The molecule has 0 fully saturated rings. The Morgan fingerprint density at radius 2 is 2.22 bits per heavy atom. The number of benzene rings is 1. The van der Waals surface area contributed by atoms with E-state index in [9.17, 15) is 4.79 Å². The zero-order chi connectivity index (χ0) is 13.5. The van der Waals surface area contributed by atoms with Gasteiger partial charge in [0.15, 0.2) is 0 Å². The Bertz CT molecular complexity index is 407. The summed E-state index contributed by atoms with van der Waals surface area (Å²) in [4.78, 5) is 11.9. The Hall–Kier alpha value is -0.870. The number of carbonyl (C=O) groups is 1. The zero-order valence-corrected chi connectivity index (χ0v) is 12.5. The lowest BCUT2D eigenvalue weighted by molar-refractivity contribution is 0.0951. The van der Waals surface area contributed by atoms with Crippen molar-refractivity contribution >= 4 is 21.8 Å². The minimum absolute atomic E-state index is 0.0309. The normalized spacial score (nSPS) is 12.2. The first-order valence-corrected chi connectivity index (χ1v) is 6.99. The van der Waals surface area contributed by atoms with Crippen LogP contribution in [0.3, 0.4) is 0 Å². The van der Waals surface area contributed by atoms with E-state index in [1.165, 1.54) is 0 Å². The molecule has 0 aliphatic rings. The van der Waals surface area contributed by atoms with Gasteiger partial charge in [-0.05, 0) is 49.4 Å². The standard InChI is InChI=1S/C14H20BrNO2/c1-10(9-17)4-3-7-16-14(18)13-6-5-12(15)8-11(13)2/h5-6,8,10,17H,3-4,7,9H2,1-2H3,(H,16,18). The molecule has 18 heavy (non-hydrogen) atoms. The Morgan fingerprint density at radius 1 is 1.50 bits per heavy atom. The van der Waals surface area contributed by atoms with Crippen LogP contribution < -0.4 is 5.32 Å². The summed E-state index contributed by atoms with van der Waals surface area (Å²) in [5, 5.41) is 11.8. The minimum Gasteiger partial charge on any atom is -0.396 e. The maximum Gasteiger partial charge on any atom is 0.251 e. The number of aliphatic hydroxyl groups excluding tert-OH is 1. The van der Waals surface area contributed by atoms with Gasteiger partial charge in [-0.25, -0.2) is 0 Å². The highest BCUT2D eigenvalue weighted by Crippen LogP contribution is 2.15. The maximum atomic E-state index is 11.9. The first-order chi connectivity index (χ1) is 8.54. The number of aryl methyl sites for hydroxylation is 1. The fourth-order valence-corrected chi connectivity index (χ4v) is 2.20. The van der Waals surface area contributed by atoms with Crippen LogP contribution in [0.25, 0.3) is 0 Å². The molecule has 0 spiro atoms. The molecule has 1 rings (SSSR count). The lowest BCUT2D eigenvalue weighted by Crippen LogP contribution is -2.25. The SMILES string of the molecule is Cc1cc(Br)ccc1C(=O)NCCCC(C)CO. The maximum absolute atomic E-state index is 11.9. The van der Waals surface area contributed by atoms with Crippen LogP contribution in [0.4, 0.5) is 0 Å². The van der Waals surface area contributed by atoms with Gasteiger partial charge < -0.3 is 10.4 Å². The van der Waals surface area contributed by atoms with Gasteiger partial charge in [-0.3, -0.25) is 4.79 Å². The van der Waals surface area contributed by atoms with Crippen molar-refractivity contribution in [2.45, 2.75) is 26.7 Å². The summed E-state index contributed by atoms with van der Waals surface area (Å²) >= 11 is 3.38. The molecule has 2 N–H and O–H groups in total. The summed E-state index contributed by atoms with van der Waals surface area (Å²) in [6.45, 7) is 4.78. The summed E-state index contributed by atoms with van der Waals surface area (Å²) in [7, 11) is 0. The molecule has 0 aliphatic heterocycles. The molecule has 0 radical (unpaired) electrons. The fourth-order valence-electron chi connectivity index (χ4n) is 1.72. The van der Waals surface area contributed by atoms with E-state index in [1.54, 1.807) is 0 Å². The fraction of sp³-hybridized carbons (Fsp3) is 0.500. The van der Waals surface area contributed by atoms with Crippen molar-refractivity contribution < 1.29 is 9.90 Å². The van der Waals surface area contributed by atoms with Gasteiger partial charge in [0.25, 0.3) is 5.91 Å². The van der Waals surface area contributed by atoms with Crippen LogP contribution in [0.1, 0.15) is 35.7 Å². The Kier molecular flexibility index (Phi) is 6.36. The Balaban J connectivity index is 2.41. The van der Waals surface area contributed by atoms with Gasteiger partial charge >= 0.3 is 0 Å². The summed E-state index contributed by atoms with van der Waals surface area (Å²) in [5.41, 5.74) is 1.68. The molecule has 4 heteroatoms. The van der Waals surface area contributed by atoms with Gasteiger partial charge in [-0.2, -0.15) is 0 Å². The van der Waals surface area contributed by atoms with Gasteiger partial charge in [0.2, 0.25) is 0 Å². The van der Waals surface area contributed by atoms with E-state index in [2.05, 4.69) is 21.2 Å². The lowest BCUT2D eigenvalue weighted by Gasteiger charge is -2.10. The molecule has 0 heterocycles. The van der Waals surface area contributed by atoms with Crippen molar-refractivity contribution in [3.05, 3.63) is 33.8 Å². The van der Waals surface area contributed by atoms with Crippen LogP contribution >= 0.6 is 15.9 Å². The molecule has 0 aliphatic carbocycles. The number of amides is 1. The second-order valence-electron chi connectivity index (χ2n) is 4.65. The quantitative estimate of drug-likeness (QED) is 0.793. The number of aliphatic hydroxyl groups is 1. The van der Waals surface area contributed by atoms with Crippen molar-refractivity contribution in [2.24, 2.45) is 5.92 Å². The highest BCUT2D eigenvalue weighted by atomic mass is 79.9. The topological polar surface area (TPSA) is 49.3 Å².